The Balaban J connectivity index is 3.79. The van der Waals surface area contributed by atoms with E-state index in [1.807, 2.05) is 0 Å². The zero-order valence-electron chi connectivity index (χ0n) is 7.23. The van der Waals surface area contributed by atoms with Gasteiger partial charge in [-0.25, -0.2) is 0 Å². The second-order valence-electron chi connectivity index (χ2n) is 2.88. The van der Waals surface area contributed by atoms with Crippen molar-refractivity contribution >= 4 is 5.91 Å². The van der Waals surface area contributed by atoms with Crippen LogP contribution in [0.5, 0.6) is 0 Å². The Hall–Kier alpha value is 0.160. The van der Waals surface area contributed by atoms with Crippen molar-refractivity contribution in [3.8, 4) is 0 Å². The summed E-state index contributed by atoms with van der Waals surface area (Å²) in [5, 5.41) is 0. The fourth-order valence-electron chi connectivity index (χ4n) is 0.818. The van der Waals surface area contributed by atoms with Crippen LogP contribution in [-0.2, 0) is 4.79 Å². The van der Waals surface area contributed by atoms with Crippen LogP contribution >= 0.6 is 0 Å². The van der Waals surface area contributed by atoms with E-state index in [-0.39, 0.29) is 33.4 Å². The van der Waals surface area contributed by atoms with Gasteiger partial charge in [-0.2, -0.15) is 0 Å². The molecule has 0 rings (SSSR count). The van der Waals surface area contributed by atoms with Gasteiger partial charge >= 0.3 is 78.6 Å². The van der Waals surface area contributed by atoms with Crippen LogP contribution in [0.15, 0.2) is 0 Å². The van der Waals surface area contributed by atoms with Crippen LogP contribution in [0, 0.1) is 5.92 Å². The summed E-state index contributed by atoms with van der Waals surface area (Å²) in [6.45, 7) is 4.18. The molecule has 0 unspecified atom stereocenters. The SMILES string of the molecule is C[I-]N[C@@H](CC(C)C)C(N)=O. The second-order valence-corrected chi connectivity index (χ2v) is 4.58. The van der Waals surface area contributed by atoms with Gasteiger partial charge in [-0.15, -0.1) is 0 Å². The number of primary amides is 1. The molecule has 0 aromatic heterocycles. The molecule has 0 fully saturated rings. The Morgan fingerprint density at radius 1 is 1.64 bits per heavy atom. The van der Waals surface area contributed by atoms with Crippen molar-refractivity contribution in [3.05, 3.63) is 0 Å². The number of amides is 1. The first-order valence-corrected chi connectivity index (χ1v) is 6.84. The Labute approximate surface area is 78.7 Å². The predicted molar refractivity (Wildman–Crippen MR) is 41.5 cm³/mol. The number of alkyl halides is 1. The van der Waals surface area contributed by atoms with Crippen LogP contribution in [0.4, 0.5) is 0 Å². The zero-order valence-corrected chi connectivity index (χ0v) is 9.38. The Morgan fingerprint density at radius 2 is 2.18 bits per heavy atom. The first-order valence-electron chi connectivity index (χ1n) is 3.61. The summed E-state index contributed by atoms with van der Waals surface area (Å²) in [6, 6.07) is -0.104. The van der Waals surface area contributed by atoms with E-state index in [9.17, 15) is 4.79 Å². The van der Waals surface area contributed by atoms with Crippen molar-refractivity contribution in [2.45, 2.75) is 26.3 Å². The third-order valence-corrected chi connectivity index (χ3v) is 2.67. The van der Waals surface area contributed by atoms with Gasteiger partial charge in [-0.3, -0.25) is 0 Å². The number of halogens is 1. The summed E-state index contributed by atoms with van der Waals surface area (Å²) in [4.78, 5) is 12.9. The monoisotopic (exact) mass is 271 g/mol. The van der Waals surface area contributed by atoms with Crippen molar-refractivity contribution in [1.82, 2.24) is 3.53 Å². The molecule has 0 aliphatic rings. The average molecular weight is 271 g/mol. The number of nitrogens with one attached hydrogen (secondary N) is 1. The van der Waals surface area contributed by atoms with E-state index in [2.05, 4.69) is 22.3 Å². The van der Waals surface area contributed by atoms with Crippen LogP contribution in [0.1, 0.15) is 20.3 Å². The van der Waals surface area contributed by atoms with Gasteiger partial charge < -0.3 is 0 Å². The van der Waals surface area contributed by atoms with E-state index in [4.69, 9.17) is 5.73 Å². The molecule has 0 radical (unpaired) electrons. The number of nitrogens with two attached hydrogens (primary N) is 1. The summed E-state index contributed by atoms with van der Waals surface area (Å²) in [7, 11) is 0. The number of carbonyl (C=O) groups is 1. The second kappa shape index (κ2) is 5.77. The third kappa shape index (κ3) is 5.43. The Kier molecular flexibility index (Phi) is 5.85. The molecule has 3 nitrogen and oxygen atoms in total. The van der Waals surface area contributed by atoms with Crippen molar-refractivity contribution in [2.75, 3.05) is 4.93 Å². The molecule has 0 saturated heterocycles. The molecule has 0 saturated carbocycles. The molecule has 4 heteroatoms. The van der Waals surface area contributed by atoms with E-state index in [0.717, 1.165) is 6.42 Å². The van der Waals surface area contributed by atoms with Gasteiger partial charge in [0.05, 0.1) is 0 Å². The van der Waals surface area contributed by atoms with Gasteiger partial charge in [0.15, 0.2) is 0 Å². The number of rotatable bonds is 5. The first kappa shape index (κ1) is 11.2. The summed E-state index contributed by atoms with van der Waals surface area (Å²) < 4.78 is 3.15. The van der Waals surface area contributed by atoms with Crippen LogP contribution in [0.25, 0.3) is 0 Å². The minimum atomic E-state index is -0.222. The Bertz CT molecular complexity index is 128. The van der Waals surface area contributed by atoms with E-state index in [1.165, 1.54) is 0 Å². The number of hydrogen-bond acceptors (Lipinski definition) is 2. The van der Waals surface area contributed by atoms with Gasteiger partial charge in [0.1, 0.15) is 0 Å². The van der Waals surface area contributed by atoms with Crippen LogP contribution in [0.2, 0.25) is 0 Å². The first-order chi connectivity index (χ1) is 5.07. The Morgan fingerprint density at radius 3 is 2.45 bits per heavy atom. The molecule has 3 N–H and O–H groups in total. The fraction of sp³-hybridized carbons (Fsp3) is 0.857. The molecule has 0 aromatic carbocycles. The molecule has 1 atom stereocenters. The van der Waals surface area contributed by atoms with Crippen molar-refractivity contribution in [2.24, 2.45) is 11.7 Å². The van der Waals surface area contributed by atoms with Crippen LogP contribution in [-0.4, -0.2) is 16.9 Å². The maximum atomic E-state index is 10.8. The predicted octanol–water partition coefficient (Wildman–Crippen LogP) is -2.89. The molecule has 0 spiro atoms. The number of carbonyl (C=O) groups excluding carboxylic acids is 1. The van der Waals surface area contributed by atoms with Gasteiger partial charge in [0.2, 0.25) is 0 Å². The van der Waals surface area contributed by atoms with Gasteiger partial charge in [-0.05, 0) is 0 Å². The molecule has 0 heterocycles. The van der Waals surface area contributed by atoms with Gasteiger partial charge in [0, 0.05) is 0 Å². The molecule has 11 heavy (non-hydrogen) atoms. The van der Waals surface area contributed by atoms with Crippen molar-refractivity contribution in [1.29, 1.82) is 0 Å². The topological polar surface area (TPSA) is 55.1 Å². The fourth-order valence-corrected chi connectivity index (χ4v) is 2.13. The van der Waals surface area contributed by atoms with E-state index in [1.54, 1.807) is 0 Å². The van der Waals surface area contributed by atoms with Crippen molar-refractivity contribution < 1.29 is 26.3 Å². The van der Waals surface area contributed by atoms with Gasteiger partial charge in [-0.1, -0.05) is 0 Å². The average Bonchev–Trinajstić information content (AvgIpc) is 1.86. The quantitative estimate of drug-likeness (QED) is 0.320. The van der Waals surface area contributed by atoms with E-state index < -0.39 is 0 Å². The zero-order chi connectivity index (χ0) is 8.85. The molecule has 0 aliphatic heterocycles. The summed E-state index contributed by atoms with van der Waals surface area (Å²) in [5.41, 5.74) is 5.19. The standard InChI is InChI=1S/C7H16IN2O/c1-5(2)4-6(7(9)11)10-8-3/h5-6,10H,4H2,1-3H3,(H2,9,11)/q-1/t6-/m0/s1. The molecule has 0 aliphatic carbocycles. The molecule has 68 valence electrons. The maximum absolute atomic E-state index is 10.8. The van der Waals surface area contributed by atoms with Crippen LogP contribution < -0.4 is 30.7 Å². The van der Waals surface area contributed by atoms with Crippen molar-refractivity contribution in [3.63, 3.8) is 0 Å². The van der Waals surface area contributed by atoms with E-state index >= 15 is 0 Å². The molecular weight excluding hydrogens is 255 g/mol. The van der Waals surface area contributed by atoms with Crippen LogP contribution in [0.3, 0.4) is 0 Å². The molecular formula is C7H16IN2O-. The molecule has 0 bridgehead atoms. The molecule has 0 aromatic rings. The minimum absolute atomic E-state index is 0.0491. The summed E-state index contributed by atoms with van der Waals surface area (Å²) in [6.07, 6.45) is 0.850. The normalized spacial score (nSPS) is 13.8. The summed E-state index contributed by atoms with van der Waals surface area (Å²) in [5.74, 6) is 0.302. The third-order valence-electron chi connectivity index (χ3n) is 1.29. The van der Waals surface area contributed by atoms with Gasteiger partial charge in [0.25, 0.3) is 0 Å². The number of hydrogen-bond donors (Lipinski definition) is 2. The molecule has 1 amide bonds. The van der Waals surface area contributed by atoms with E-state index in [0.29, 0.717) is 5.92 Å². The summed E-state index contributed by atoms with van der Waals surface area (Å²) >= 11 is -0.0491.